The number of ether oxygens (including phenoxy) is 1. The van der Waals surface area contributed by atoms with Crippen molar-refractivity contribution in [2.75, 3.05) is 19.0 Å². The second kappa shape index (κ2) is 8.48. The number of benzene rings is 2. The topological polar surface area (TPSA) is 115 Å². The highest BCUT2D eigenvalue weighted by molar-refractivity contribution is 7.89. The molecule has 1 aliphatic heterocycles. The predicted octanol–water partition coefficient (Wildman–Crippen LogP) is 2.85. The molecule has 1 fully saturated rings. The van der Waals surface area contributed by atoms with Gasteiger partial charge in [0.15, 0.2) is 0 Å². The Labute approximate surface area is 180 Å². The predicted molar refractivity (Wildman–Crippen MR) is 113 cm³/mol. The minimum Gasteiger partial charge on any atom is -0.497 e. The lowest BCUT2D eigenvalue weighted by atomic mass is 10.1. The third-order valence-electron chi connectivity index (χ3n) is 5.09. The Kier molecular flexibility index (Phi) is 5.75. The lowest BCUT2D eigenvalue weighted by Gasteiger charge is -2.22. The highest BCUT2D eigenvalue weighted by Gasteiger charge is 2.40. The number of hydrogen-bond acceptors (Lipinski definition) is 7. The molecule has 1 saturated heterocycles. The molecule has 1 N–H and O–H groups in total. The zero-order valence-electron chi connectivity index (χ0n) is 17.1. The van der Waals surface area contributed by atoms with Gasteiger partial charge in [0.25, 0.3) is 0 Å². The van der Waals surface area contributed by atoms with Gasteiger partial charge in [0.05, 0.1) is 12.0 Å². The summed E-state index contributed by atoms with van der Waals surface area (Å²) in [4.78, 5) is 12.9. The van der Waals surface area contributed by atoms with E-state index in [1.54, 1.807) is 12.1 Å². The summed E-state index contributed by atoms with van der Waals surface area (Å²) in [6, 6.07) is 12.7. The van der Waals surface area contributed by atoms with Gasteiger partial charge in [0, 0.05) is 12.1 Å². The first-order chi connectivity index (χ1) is 14.9. The fourth-order valence-corrected chi connectivity index (χ4v) is 5.19. The third-order valence-corrected chi connectivity index (χ3v) is 7.01. The highest BCUT2D eigenvalue weighted by atomic mass is 32.2. The lowest BCUT2D eigenvalue weighted by Crippen LogP contribution is -2.43. The van der Waals surface area contributed by atoms with Crippen LogP contribution in [0.15, 0.2) is 57.8 Å². The van der Waals surface area contributed by atoms with Gasteiger partial charge in [-0.15, -0.1) is 5.10 Å². The molecule has 1 unspecified atom stereocenters. The lowest BCUT2D eigenvalue weighted by molar-refractivity contribution is -0.119. The molecule has 4 rings (SSSR count). The molecule has 3 aromatic rings. The van der Waals surface area contributed by atoms with Crippen molar-refractivity contribution < 1.29 is 22.4 Å². The minimum absolute atomic E-state index is 0.0739. The molecule has 162 valence electrons. The second-order valence-electron chi connectivity index (χ2n) is 7.22. The number of nitrogens with zero attached hydrogens (tertiary/aromatic N) is 3. The summed E-state index contributed by atoms with van der Waals surface area (Å²) in [7, 11) is -2.34. The van der Waals surface area contributed by atoms with Crippen molar-refractivity contribution >= 4 is 21.9 Å². The van der Waals surface area contributed by atoms with Crippen molar-refractivity contribution in [3.05, 3.63) is 54.1 Å². The summed E-state index contributed by atoms with van der Waals surface area (Å²) in [5, 5.41) is 10.4. The number of anilines is 1. The number of methoxy groups -OCH3 is 1. The summed E-state index contributed by atoms with van der Waals surface area (Å²) in [5.74, 6) is 0.317. The number of amides is 1. The van der Waals surface area contributed by atoms with Gasteiger partial charge in [-0.2, -0.15) is 4.31 Å². The van der Waals surface area contributed by atoms with Gasteiger partial charge in [-0.05, 0) is 56.2 Å². The van der Waals surface area contributed by atoms with Crippen LogP contribution < -0.4 is 10.1 Å². The number of carbonyl (C=O) groups excluding carboxylic acids is 1. The molecular weight excluding hydrogens is 420 g/mol. The monoisotopic (exact) mass is 442 g/mol. The van der Waals surface area contributed by atoms with E-state index in [-0.39, 0.29) is 23.3 Å². The van der Waals surface area contributed by atoms with Crippen LogP contribution in [0.1, 0.15) is 18.4 Å². The SMILES string of the molecule is COc1ccc(S(=O)(=O)N2CCCC2C(=O)Nc2nnc(-c3cccc(C)c3)o2)cc1. The molecule has 2 heterocycles. The van der Waals surface area contributed by atoms with Crippen molar-refractivity contribution in [1.82, 2.24) is 14.5 Å². The molecule has 10 heteroatoms. The first kappa shape index (κ1) is 21.0. The Morgan fingerprint density at radius 2 is 1.97 bits per heavy atom. The van der Waals surface area contributed by atoms with Crippen LogP contribution in [0.4, 0.5) is 6.01 Å². The fraction of sp³-hybridized carbons (Fsp3) is 0.286. The van der Waals surface area contributed by atoms with Gasteiger partial charge in [0.2, 0.25) is 21.8 Å². The summed E-state index contributed by atoms with van der Waals surface area (Å²) in [5.41, 5.74) is 1.77. The molecule has 0 spiro atoms. The van der Waals surface area contributed by atoms with Crippen molar-refractivity contribution in [3.8, 4) is 17.2 Å². The standard InChI is InChI=1S/C21H22N4O5S/c1-14-5-3-6-15(13-14)20-23-24-21(30-20)22-19(26)18-7-4-12-25(18)31(27,28)17-10-8-16(29-2)9-11-17/h3,5-6,8-11,13,18H,4,7,12H2,1-2H3,(H,22,24,26). The molecule has 9 nitrogen and oxygen atoms in total. The molecule has 0 radical (unpaired) electrons. The maximum Gasteiger partial charge on any atom is 0.322 e. The molecule has 1 aromatic heterocycles. The van der Waals surface area contributed by atoms with Crippen molar-refractivity contribution in [1.29, 1.82) is 0 Å². The van der Waals surface area contributed by atoms with E-state index in [1.807, 2.05) is 31.2 Å². The Morgan fingerprint density at radius 1 is 1.19 bits per heavy atom. The van der Waals surface area contributed by atoms with E-state index >= 15 is 0 Å². The van der Waals surface area contributed by atoms with E-state index in [0.717, 1.165) is 11.1 Å². The van der Waals surface area contributed by atoms with E-state index in [2.05, 4.69) is 15.5 Å². The number of sulfonamides is 1. The van der Waals surface area contributed by atoms with Gasteiger partial charge >= 0.3 is 6.01 Å². The van der Waals surface area contributed by atoms with Crippen LogP contribution in [0.3, 0.4) is 0 Å². The third kappa shape index (κ3) is 4.30. The van der Waals surface area contributed by atoms with Gasteiger partial charge < -0.3 is 9.15 Å². The summed E-state index contributed by atoms with van der Waals surface area (Å²) in [6.45, 7) is 2.20. The van der Waals surface area contributed by atoms with E-state index in [9.17, 15) is 13.2 Å². The van der Waals surface area contributed by atoms with Crippen LogP contribution in [0.25, 0.3) is 11.5 Å². The van der Waals surface area contributed by atoms with E-state index in [4.69, 9.17) is 9.15 Å². The second-order valence-corrected chi connectivity index (χ2v) is 9.11. The minimum atomic E-state index is -3.84. The molecule has 1 aliphatic rings. The maximum absolute atomic E-state index is 13.1. The average Bonchev–Trinajstić information content (AvgIpc) is 3.44. The van der Waals surface area contributed by atoms with Crippen LogP contribution in [0.2, 0.25) is 0 Å². The Hall–Kier alpha value is -3.24. The fourth-order valence-electron chi connectivity index (χ4n) is 3.53. The normalized spacial score (nSPS) is 16.9. The van der Waals surface area contributed by atoms with Crippen LogP contribution in [-0.4, -0.2) is 48.5 Å². The number of nitrogens with one attached hydrogen (secondary N) is 1. The Balaban J connectivity index is 1.50. The van der Waals surface area contributed by atoms with E-state index in [0.29, 0.717) is 18.6 Å². The van der Waals surface area contributed by atoms with E-state index in [1.165, 1.54) is 23.5 Å². The smallest absolute Gasteiger partial charge is 0.322 e. The van der Waals surface area contributed by atoms with Crippen molar-refractivity contribution in [2.24, 2.45) is 0 Å². The summed E-state index contributed by atoms with van der Waals surface area (Å²) < 4.78 is 38.0. The number of carbonyl (C=O) groups is 1. The average molecular weight is 442 g/mol. The molecule has 0 aliphatic carbocycles. The number of rotatable bonds is 6. The molecule has 0 bridgehead atoms. The zero-order chi connectivity index (χ0) is 22.0. The first-order valence-corrected chi connectivity index (χ1v) is 11.2. The molecule has 31 heavy (non-hydrogen) atoms. The van der Waals surface area contributed by atoms with Crippen LogP contribution in [0.5, 0.6) is 5.75 Å². The largest absolute Gasteiger partial charge is 0.497 e. The van der Waals surface area contributed by atoms with Gasteiger partial charge in [0.1, 0.15) is 11.8 Å². The molecule has 2 aromatic carbocycles. The van der Waals surface area contributed by atoms with Gasteiger partial charge in [-0.3, -0.25) is 10.1 Å². The maximum atomic E-state index is 13.1. The number of hydrogen-bond donors (Lipinski definition) is 1. The summed E-state index contributed by atoms with van der Waals surface area (Å²) >= 11 is 0. The molecule has 1 atom stereocenters. The van der Waals surface area contributed by atoms with Crippen molar-refractivity contribution in [2.45, 2.75) is 30.7 Å². The van der Waals surface area contributed by atoms with Gasteiger partial charge in [-0.25, -0.2) is 8.42 Å². The van der Waals surface area contributed by atoms with Gasteiger partial charge in [-0.1, -0.05) is 22.8 Å². The first-order valence-electron chi connectivity index (χ1n) is 9.76. The Morgan fingerprint density at radius 3 is 2.68 bits per heavy atom. The zero-order valence-corrected chi connectivity index (χ0v) is 17.9. The Bertz CT molecular complexity index is 1190. The highest BCUT2D eigenvalue weighted by Crippen LogP contribution is 2.28. The van der Waals surface area contributed by atoms with Crippen LogP contribution in [0, 0.1) is 6.92 Å². The van der Waals surface area contributed by atoms with Crippen molar-refractivity contribution in [3.63, 3.8) is 0 Å². The molecular formula is C21H22N4O5S. The quantitative estimate of drug-likeness (QED) is 0.624. The van der Waals surface area contributed by atoms with Crippen LogP contribution in [-0.2, 0) is 14.8 Å². The number of aryl methyl sites for hydroxylation is 1. The van der Waals surface area contributed by atoms with Crippen LogP contribution >= 0.6 is 0 Å². The van der Waals surface area contributed by atoms with E-state index < -0.39 is 22.0 Å². The summed E-state index contributed by atoms with van der Waals surface area (Å²) in [6.07, 6.45) is 0.978. The molecule has 1 amide bonds. The molecule has 0 saturated carbocycles. The number of aromatic nitrogens is 2.